The second kappa shape index (κ2) is 7.53. The first kappa shape index (κ1) is 17.7. The van der Waals surface area contributed by atoms with Crippen molar-refractivity contribution >= 4 is 11.8 Å². The summed E-state index contributed by atoms with van der Waals surface area (Å²) in [6.07, 6.45) is 5.47. The Labute approximate surface area is 156 Å². The van der Waals surface area contributed by atoms with Crippen LogP contribution in [0.5, 0.6) is 5.88 Å². The largest absolute Gasteiger partial charge is 0.469 e. The third-order valence-corrected chi connectivity index (χ3v) is 4.93. The minimum atomic E-state index is -1.16. The normalized spacial score (nSPS) is 19.3. The quantitative estimate of drug-likeness (QED) is 0.828. The number of carbonyl (C=O) groups is 1. The van der Waals surface area contributed by atoms with Crippen LogP contribution in [-0.2, 0) is 16.1 Å². The Hall–Kier alpha value is -2.65. The van der Waals surface area contributed by atoms with Crippen molar-refractivity contribution in [1.29, 1.82) is 0 Å². The van der Waals surface area contributed by atoms with Crippen LogP contribution in [0.2, 0.25) is 0 Å². The molecule has 4 rings (SSSR count). The third-order valence-electron chi connectivity index (χ3n) is 4.93. The summed E-state index contributed by atoms with van der Waals surface area (Å²) in [4.78, 5) is 15.3. The van der Waals surface area contributed by atoms with Crippen LogP contribution in [0.1, 0.15) is 37.4 Å². The van der Waals surface area contributed by atoms with Crippen molar-refractivity contribution in [1.82, 2.24) is 14.8 Å². The molecule has 9 nitrogen and oxygen atoms in total. The molecular formula is C18H22N4O5. The van der Waals surface area contributed by atoms with Gasteiger partial charge in [-0.25, -0.2) is 4.79 Å². The van der Waals surface area contributed by atoms with Gasteiger partial charge in [0.1, 0.15) is 12.3 Å². The first-order valence-electron chi connectivity index (χ1n) is 9.03. The maximum atomic E-state index is 11.1. The van der Waals surface area contributed by atoms with E-state index in [1.165, 1.54) is 0 Å². The number of ether oxygens (including phenoxy) is 3. The molecule has 2 aromatic heterocycles. The molecule has 0 bridgehead atoms. The van der Waals surface area contributed by atoms with E-state index in [2.05, 4.69) is 15.4 Å². The van der Waals surface area contributed by atoms with Crippen molar-refractivity contribution < 1.29 is 24.1 Å². The van der Waals surface area contributed by atoms with E-state index in [1.54, 1.807) is 17.1 Å². The highest BCUT2D eigenvalue weighted by atomic mass is 16.7. The molecule has 9 heteroatoms. The molecule has 2 aromatic rings. The van der Waals surface area contributed by atoms with Crippen molar-refractivity contribution in [2.75, 3.05) is 18.5 Å². The molecule has 2 fully saturated rings. The predicted molar refractivity (Wildman–Crippen MR) is 94.6 cm³/mol. The fraction of sp³-hybridized carbons (Fsp3) is 0.500. The zero-order valence-electron chi connectivity index (χ0n) is 14.8. The van der Waals surface area contributed by atoms with Gasteiger partial charge in [-0.05, 0) is 25.0 Å². The molecule has 0 atom stereocenters. The summed E-state index contributed by atoms with van der Waals surface area (Å²) in [5.41, 5.74) is 1.07. The van der Waals surface area contributed by atoms with Crippen molar-refractivity contribution in [2.45, 2.75) is 44.1 Å². The van der Waals surface area contributed by atoms with Crippen LogP contribution in [0, 0.1) is 0 Å². The van der Waals surface area contributed by atoms with Crippen LogP contribution in [0.25, 0.3) is 0 Å². The van der Waals surface area contributed by atoms with Crippen LogP contribution in [0.3, 0.4) is 0 Å². The summed E-state index contributed by atoms with van der Waals surface area (Å²) < 4.78 is 19.0. The summed E-state index contributed by atoms with van der Waals surface area (Å²) in [5.74, 6) is -0.193. The number of pyridine rings is 1. The van der Waals surface area contributed by atoms with Crippen molar-refractivity contribution in [2.24, 2.45) is 0 Å². The van der Waals surface area contributed by atoms with E-state index in [9.17, 15) is 4.79 Å². The molecule has 144 valence electrons. The maximum Gasteiger partial charge on any atom is 0.409 e. The van der Waals surface area contributed by atoms with Gasteiger partial charge >= 0.3 is 6.09 Å². The van der Waals surface area contributed by atoms with Crippen LogP contribution in [0.4, 0.5) is 10.5 Å². The first-order valence-corrected chi connectivity index (χ1v) is 9.03. The summed E-state index contributed by atoms with van der Waals surface area (Å²) in [6, 6.07) is 5.67. The standard InChI is InChI=1S/C18H22N4O5/c23-17(24)20-15-11-22(14-4-6-18(7-5-14)26-9-10-27-18)21-16(15)25-12-13-3-1-2-8-19-13/h1-3,8,11,14,20H,4-7,9-10,12H2,(H,23,24). The van der Waals surface area contributed by atoms with Gasteiger partial charge in [-0.15, -0.1) is 5.10 Å². The summed E-state index contributed by atoms with van der Waals surface area (Å²) >= 11 is 0. The molecule has 0 radical (unpaired) electrons. The van der Waals surface area contributed by atoms with Gasteiger partial charge in [0, 0.05) is 19.0 Å². The lowest BCUT2D eigenvalue weighted by molar-refractivity contribution is -0.181. The van der Waals surface area contributed by atoms with E-state index < -0.39 is 11.9 Å². The number of amides is 1. The van der Waals surface area contributed by atoms with Gasteiger partial charge in [-0.2, -0.15) is 0 Å². The highest BCUT2D eigenvalue weighted by molar-refractivity contribution is 5.84. The zero-order chi connectivity index (χ0) is 18.7. The maximum absolute atomic E-state index is 11.1. The average molecular weight is 374 g/mol. The minimum Gasteiger partial charge on any atom is -0.469 e. The molecular weight excluding hydrogens is 352 g/mol. The third kappa shape index (κ3) is 4.04. The lowest BCUT2D eigenvalue weighted by Crippen LogP contribution is -2.35. The van der Waals surface area contributed by atoms with Gasteiger partial charge in [0.05, 0.1) is 31.1 Å². The second-order valence-corrected chi connectivity index (χ2v) is 6.71. The Balaban J connectivity index is 1.46. The number of hydrogen-bond donors (Lipinski definition) is 2. The molecule has 1 saturated carbocycles. The van der Waals surface area contributed by atoms with Gasteiger partial charge in [-0.3, -0.25) is 15.0 Å². The lowest BCUT2D eigenvalue weighted by Gasteiger charge is -2.35. The van der Waals surface area contributed by atoms with Crippen LogP contribution in [-0.4, -0.2) is 45.0 Å². The highest BCUT2D eigenvalue weighted by Crippen LogP contribution is 2.41. The molecule has 1 saturated heterocycles. The monoisotopic (exact) mass is 374 g/mol. The molecule has 27 heavy (non-hydrogen) atoms. The number of aromatic nitrogens is 3. The van der Waals surface area contributed by atoms with Gasteiger partial charge in [0.25, 0.3) is 5.88 Å². The fourth-order valence-corrected chi connectivity index (χ4v) is 3.59. The molecule has 0 aromatic carbocycles. The molecule has 3 heterocycles. The van der Waals surface area contributed by atoms with Crippen molar-refractivity contribution in [3.63, 3.8) is 0 Å². The van der Waals surface area contributed by atoms with Gasteiger partial charge in [0.15, 0.2) is 5.79 Å². The van der Waals surface area contributed by atoms with Gasteiger partial charge in [-0.1, -0.05) is 6.07 Å². The highest BCUT2D eigenvalue weighted by Gasteiger charge is 2.41. The summed E-state index contributed by atoms with van der Waals surface area (Å²) in [6.45, 7) is 1.50. The van der Waals surface area contributed by atoms with Crippen LogP contribution < -0.4 is 10.1 Å². The molecule has 2 aliphatic rings. The average Bonchev–Trinajstić information content (AvgIpc) is 3.29. The SMILES string of the molecule is O=C(O)Nc1cn(C2CCC3(CC2)OCCO3)nc1OCc1ccccn1. The number of nitrogens with zero attached hydrogens (tertiary/aromatic N) is 3. The molecule has 1 spiro atoms. The first-order chi connectivity index (χ1) is 13.1. The summed E-state index contributed by atoms with van der Waals surface area (Å²) in [5, 5.41) is 15.9. The van der Waals surface area contributed by atoms with E-state index in [4.69, 9.17) is 19.3 Å². The number of nitrogens with one attached hydrogen (secondary N) is 1. The Morgan fingerprint density at radius 3 is 2.78 bits per heavy atom. The number of hydrogen-bond acceptors (Lipinski definition) is 6. The zero-order valence-corrected chi connectivity index (χ0v) is 14.8. The van der Waals surface area contributed by atoms with E-state index in [-0.39, 0.29) is 18.5 Å². The number of anilines is 1. The summed E-state index contributed by atoms with van der Waals surface area (Å²) in [7, 11) is 0. The second-order valence-electron chi connectivity index (χ2n) is 6.71. The van der Waals surface area contributed by atoms with Crippen LogP contribution in [0.15, 0.2) is 30.6 Å². The number of rotatable bonds is 5. The fourth-order valence-electron chi connectivity index (χ4n) is 3.59. The Bertz CT molecular complexity index is 778. The number of carboxylic acid groups (broad SMARTS) is 1. The van der Waals surface area contributed by atoms with E-state index >= 15 is 0 Å². The van der Waals surface area contributed by atoms with E-state index in [1.807, 2.05) is 18.2 Å². The Morgan fingerprint density at radius 2 is 2.11 bits per heavy atom. The smallest absolute Gasteiger partial charge is 0.409 e. The molecule has 2 N–H and O–H groups in total. The van der Waals surface area contributed by atoms with E-state index in [0.29, 0.717) is 18.9 Å². The van der Waals surface area contributed by atoms with Gasteiger partial charge in [0.2, 0.25) is 0 Å². The van der Waals surface area contributed by atoms with Crippen LogP contribution >= 0.6 is 0 Å². The Kier molecular flexibility index (Phi) is 4.95. The topological polar surface area (TPSA) is 108 Å². The van der Waals surface area contributed by atoms with Crippen molar-refractivity contribution in [3.05, 3.63) is 36.3 Å². The van der Waals surface area contributed by atoms with Gasteiger partial charge < -0.3 is 19.3 Å². The lowest BCUT2D eigenvalue weighted by atomic mass is 9.90. The Morgan fingerprint density at radius 1 is 1.33 bits per heavy atom. The molecule has 0 unspecified atom stereocenters. The van der Waals surface area contributed by atoms with Crippen molar-refractivity contribution in [3.8, 4) is 5.88 Å². The molecule has 1 aliphatic heterocycles. The molecule has 1 aliphatic carbocycles. The predicted octanol–water partition coefficient (Wildman–Crippen LogP) is 2.81. The molecule has 1 amide bonds. The minimum absolute atomic E-state index is 0.143. The van der Waals surface area contributed by atoms with E-state index in [0.717, 1.165) is 31.4 Å².